The fraction of sp³-hybridized carbons (Fsp3) is 0.133. The van der Waals surface area contributed by atoms with Gasteiger partial charge in [0.1, 0.15) is 0 Å². The summed E-state index contributed by atoms with van der Waals surface area (Å²) in [4.78, 5) is 12.1. The van der Waals surface area contributed by atoms with Crippen LogP contribution in [0.2, 0.25) is 5.02 Å². The molecule has 2 nitrogen and oxygen atoms in total. The van der Waals surface area contributed by atoms with Gasteiger partial charge in [-0.2, -0.15) is 0 Å². The molecule has 0 bridgehead atoms. The highest BCUT2D eigenvalue weighted by atomic mass is 35.5. The Balaban J connectivity index is 2.06. The molecule has 18 heavy (non-hydrogen) atoms. The minimum absolute atomic E-state index is 0.0245. The average Bonchev–Trinajstić information content (AvgIpc) is 2.41. The zero-order chi connectivity index (χ0) is 13.0. The van der Waals surface area contributed by atoms with Crippen LogP contribution in [0.15, 0.2) is 54.6 Å². The molecular formula is C15H14ClNO. The Labute approximate surface area is 112 Å². The van der Waals surface area contributed by atoms with E-state index in [0.29, 0.717) is 5.02 Å². The van der Waals surface area contributed by atoms with Crippen molar-refractivity contribution in [3.63, 3.8) is 0 Å². The first-order chi connectivity index (χ1) is 8.66. The van der Waals surface area contributed by atoms with Gasteiger partial charge in [-0.05, 0) is 36.8 Å². The maximum Gasteiger partial charge on any atom is 0.231 e. The monoisotopic (exact) mass is 259 g/mol. The standard InChI is InChI=1S/C15H14ClNO/c1-11(12-5-3-2-4-6-12)15(18)17-14-9-7-13(16)8-10-14/h2-11H,1H3,(H,17,18). The van der Waals surface area contributed by atoms with E-state index in [4.69, 9.17) is 11.6 Å². The van der Waals surface area contributed by atoms with E-state index in [0.717, 1.165) is 11.3 Å². The van der Waals surface area contributed by atoms with Crippen LogP contribution in [0.5, 0.6) is 0 Å². The van der Waals surface area contributed by atoms with E-state index in [1.807, 2.05) is 37.3 Å². The van der Waals surface area contributed by atoms with Crippen molar-refractivity contribution >= 4 is 23.2 Å². The summed E-state index contributed by atoms with van der Waals surface area (Å²) in [7, 11) is 0. The maximum absolute atomic E-state index is 12.1. The highest BCUT2D eigenvalue weighted by Gasteiger charge is 2.14. The second-order valence-electron chi connectivity index (χ2n) is 4.13. The van der Waals surface area contributed by atoms with Crippen LogP contribution >= 0.6 is 11.6 Å². The molecule has 92 valence electrons. The minimum atomic E-state index is -0.179. The molecule has 1 amide bonds. The molecular weight excluding hydrogens is 246 g/mol. The van der Waals surface area contributed by atoms with Crippen LogP contribution in [0.1, 0.15) is 18.4 Å². The number of rotatable bonds is 3. The van der Waals surface area contributed by atoms with Gasteiger partial charge in [-0.25, -0.2) is 0 Å². The largest absolute Gasteiger partial charge is 0.326 e. The van der Waals surface area contributed by atoms with Crippen molar-refractivity contribution in [2.75, 3.05) is 5.32 Å². The lowest BCUT2D eigenvalue weighted by Crippen LogP contribution is -2.18. The third-order valence-electron chi connectivity index (χ3n) is 2.80. The number of carbonyl (C=O) groups is 1. The number of carbonyl (C=O) groups excluding carboxylic acids is 1. The maximum atomic E-state index is 12.1. The predicted molar refractivity (Wildman–Crippen MR) is 74.9 cm³/mol. The molecule has 0 aromatic heterocycles. The van der Waals surface area contributed by atoms with Crippen LogP contribution in [0.25, 0.3) is 0 Å². The lowest BCUT2D eigenvalue weighted by atomic mass is 10.0. The van der Waals surface area contributed by atoms with Crippen molar-refractivity contribution in [2.24, 2.45) is 0 Å². The smallest absolute Gasteiger partial charge is 0.231 e. The van der Waals surface area contributed by atoms with Crippen molar-refractivity contribution in [3.8, 4) is 0 Å². The molecule has 1 unspecified atom stereocenters. The predicted octanol–water partition coefficient (Wildman–Crippen LogP) is 4.08. The summed E-state index contributed by atoms with van der Waals surface area (Å²) in [6.45, 7) is 1.89. The fourth-order valence-corrected chi connectivity index (χ4v) is 1.80. The van der Waals surface area contributed by atoms with E-state index in [-0.39, 0.29) is 11.8 Å². The topological polar surface area (TPSA) is 29.1 Å². The molecule has 0 heterocycles. The number of hydrogen-bond donors (Lipinski definition) is 1. The molecule has 2 aromatic carbocycles. The van der Waals surface area contributed by atoms with E-state index in [2.05, 4.69) is 5.32 Å². The van der Waals surface area contributed by atoms with Crippen molar-refractivity contribution in [2.45, 2.75) is 12.8 Å². The normalized spacial score (nSPS) is 11.9. The molecule has 0 spiro atoms. The molecule has 2 aromatic rings. The summed E-state index contributed by atoms with van der Waals surface area (Å²) < 4.78 is 0. The Hall–Kier alpha value is -1.80. The van der Waals surface area contributed by atoms with Gasteiger partial charge < -0.3 is 5.32 Å². The third kappa shape index (κ3) is 3.11. The Morgan fingerprint density at radius 1 is 1.06 bits per heavy atom. The van der Waals surface area contributed by atoms with Gasteiger partial charge in [0.2, 0.25) is 5.91 Å². The van der Waals surface area contributed by atoms with Crippen molar-refractivity contribution in [1.29, 1.82) is 0 Å². The second-order valence-corrected chi connectivity index (χ2v) is 4.56. The highest BCUT2D eigenvalue weighted by molar-refractivity contribution is 6.30. The quantitative estimate of drug-likeness (QED) is 0.884. The number of benzene rings is 2. The number of anilines is 1. The Morgan fingerprint density at radius 2 is 1.67 bits per heavy atom. The zero-order valence-corrected chi connectivity index (χ0v) is 10.8. The molecule has 1 atom stereocenters. The van der Waals surface area contributed by atoms with Crippen molar-refractivity contribution < 1.29 is 4.79 Å². The molecule has 2 rings (SSSR count). The molecule has 3 heteroatoms. The van der Waals surface area contributed by atoms with Gasteiger partial charge in [-0.1, -0.05) is 41.9 Å². The number of nitrogens with one attached hydrogen (secondary N) is 1. The summed E-state index contributed by atoms with van der Waals surface area (Å²) in [6.07, 6.45) is 0. The first-order valence-corrected chi connectivity index (χ1v) is 6.16. The van der Waals surface area contributed by atoms with Crippen molar-refractivity contribution in [3.05, 3.63) is 65.2 Å². The summed E-state index contributed by atoms with van der Waals surface area (Å²) in [5, 5.41) is 3.53. The number of hydrogen-bond acceptors (Lipinski definition) is 1. The van der Waals surface area contributed by atoms with Crippen LogP contribution in [0.3, 0.4) is 0 Å². The van der Waals surface area contributed by atoms with Gasteiger partial charge in [0.05, 0.1) is 5.92 Å². The lowest BCUT2D eigenvalue weighted by molar-refractivity contribution is -0.117. The summed E-state index contributed by atoms with van der Waals surface area (Å²) in [5.74, 6) is -0.203. The van der Waals surface area contributed by atoms with Crippen LogP contribution in [-0.2, 0) is 4.79 Å². The SMILES string of the molecule is CC(C(=O)Nc1ccc(Cl)cc1)c1ccccc1. The minimum Gasteiger partial charge on any atom is -0.326 e. The van der Waals surface area contributed by atoms with Gasteiger partial charge in [0.15, 0.2) is 0 Å². The zero-order valence-electron chi connectivity index (χ0n) is 10.1. The molecule has 0 saturated heterocycles. The summed E-state index contributed by atoms with van der Waals surface area (Å²) in [5.41, 5.74) is 1.76. The Kier molecular flexibility index (Phi) is 4.00. The van der Waals surface area contributed by atoms with Gasteiger partial charge in [0, 0.05) is 10.7 Å². The average molecular weight is 260 g/mol. The first kappa shape index (κ1) is 12.7. The molecule has 0 aliphatic carbocycles. The summed E-state index contributed by atoms with van der Waals surface area (Å²) >= 11 is 5.79. The van der Waals surface area contributed by atoms with Gasteiger partial charge in [-0.3, -0.25) is 4.79 Å². The second kappa shape index (κ2) is 5.69. The highest BCUT2D eigenvalue weighted by Crippen LogP contribution is 2.18. The number of amides is 1. The molecule has 0 fully saturated rings. The number of halogens is 1. The van der Waals surface area contributed by atoms with E-state index < -0.39 is 0 Å². The summed E-state index contributed by atoms with van der Waals surface area (Å²) in [6, 6.07) is 16.8. The van der Waals surface area contributed by atoms with E-state index in [9.17, 15) is 4.79 Å². The Morgan fingerprint density at radius 3 is 2.28 bits per heavy atom. The third-order valence-corrected chi connectivity index (χ3v) is 3.06. The van der Waals surface area contributed by atoms with Crippen LogP contribution < -0.4 is 5.32 Å². The van der Waals surface area contributed by atoms with Crippen LogP contribution in [-0.4, -0.2) is 5.91 Å². The van der Waals surface area contributed by atoms with E-state index in [1.54, 1.807) is 24.3 Å². The van der Waals surface area contributed by atoms with Crippen LogP contribution in [0.4, 0.5) is 5.69 Å². The van der Waals surface area contributed by atoms with Gasteiger partial charge in [-0.15, -0.1) is 0 Å². The Bertz CT molecular complexity index is 522. The lowest BCUT2D eigenvalue weighted by Gasteiger charge is -2.12. The van der Waals surface area contributed by atoms with Crippen molar-refractivity contribution in [1.82, 2.24) is 0 Å². The van der Waals surface area contributed by atoms with Crippen LogP contribution in [0, 0.1) is 0 Å². The van der Waals surface area contributed by atoms with Gasteiger partial charge in [0.25, 0.3) is 0 Å². The first-order valence-electron chi connectivity index (χ1n) is 5.78. The molecule has 0 saturated carbocycles. The molecule has 0 radical (unpaired) electrons. The molecule has 1 N–H and O–H groups in total. The molecule has 0 aliphatic rings. The van der Waals surface area contributed by atoms with E-state index >= 15 is 0 Å². The van der Waals surface area contributed by atoms with Gasteiger partial charge >= 0.3 is 0 Å². The van der Waals surface area contributed by atoms with E-state index in [1.165, 1.54) is 0 Å². The molecule has 0 aliphatic heterocycles. The fourth-order valence-electron chi connectivity index (χ4n) is 1.68.